The number of fused-ring (bicyclic) bond motifs is 1. The Labute approximate surface area is 201 Å². The van der Waals surface area contributed by atoms with Gasteiger partial charge in [-0.25, -0.2) is 19.8 Å². The highest BCUT2D eigenvalue weighted by atomic mass is 16.3. The summed E-state index contributed by atoms with van der Waals surface area (Å²) < 4.78 is 0. The fourth-order valence-electron chi connectivity index (χ4n) is 3.82. The molecule has 12 heteroatoms. The Morgan fingerprint density at radius 3 is 2.91 bits per heavy atom. The van der Waals surface area contributed by atoms with Crippen molar-refractivity contribution < 1.29 is 5.11 Å². The second-order valence-electron chi connectivity index (χ2n) is 8.55. The third kappa shape index (κ3) is 5.01. The summed E-state index contributed by atoms with van der Waals surface area (Å²) in [5.41, 5.74) is 7.93. The predicted octanol–water partition coefficient (Wildman–Crippen LogP) is 1.30. The van der Waals surface area contributed by atoms with Gasteiger partial charge >= 0.3 is 5.69 Å². The van der Waals surface area contributed by atoms with E-state index in [9.17, 15) is 9.90 Å². The summed E-state index contributed by atoms with van der Waals surface area (Å²) in [5.74, 6) is 0.905. The molecule has 1 saturated carbocycles. The van der Waals surface area contributed by atoms with Crippen molar-refractivity contribution in [1.29, 1.82) is 0 Å². The largest absolute Gasteiger partial charge is 0.493 e. The molecule has 0 bridgehead atoms. The molecule has 0 amide bonds. The van der Waals surface area contributed by atoms with Gasteiger partial charge in [-0.2, -0.15) is 5.10 Å². The summed E-state index contributed by atoms with van der Waals surface area (Å²) in [6, 6.07) is 8.07. The van der Waals surface area contributed by atoms with Crippen molar-refractivity contribution >= 4 is 36.1 Å². The maximum atomic E-state index is 11.5. The number of para-hydroxylation sites is 1. The minimum atomic E-state index is -0.501. The number of aromatic hydroxyl groups is 1. The van der Waals surface area contributed by atoms with E-state index in [1.807, 2.05) is 37.4 Å². The molecule has 2 aliphatic heterocycles. The van der Waals surface area contributed by atoms with Gasteiger partial charge in [-0.15, -0.1) is 0 Å². The van der Waals surface area contributed by atoms with Gasteiger partial charge in [0.25, 0.3) is 0 Å². The van der Waals surface area contributed by atoms with Gasteiger partial charge in [0.2, 0.25) is 17.8 Å². The van der Waals surface area contributed by atoms with E-state index < -0.39 is 11.9 Å². The molecule has 35 heavy (non-hydrogen) atoms. The van der Waals surface area contributed by atoms with Gasteiger partial charge in [0.1, 0.15) is 5.69 Å². The standard InChI is InChI=1S/C23H28N10O2/c1-13(16-5-2-3-6-17(16)25-10-4-9-24)27-21-30-19-14(11-18-20(34)31-23(35)29-18)12-26-33(19)22(32-21)28-15-7-8-15/h2-3,5-6,10-13,15,19,34H,4,7-9,24H2,1H3,(H2,29,31,35)(H2,27,28,30,32)/b14-11-,25-10?. The van der Waals surface area contributed by atoms with E-state index in [0.29, 0.717) is 30.5 Å². The topological polar surface area (TPSA) is 172 Å². The van der Waals surface area contributed by atoms with E-state index >= 15 is 0 Å². The molecule has 5 rings (SSSR count). The molecular weight excluding hydrogens is 448 g/mol. The molecule has 2 unspecified atom stereocenters. The van der Waals surface area contributed by atoms with Crippen LogP contribution in [-0.2, 0) is 0 Å². The van der Waals surface area contributed by atoms with Crippen molar-refractivity contribution in [3.05, 3.63) is 51.6 Å². The molecule has 1 aliphatic carbocycles. The van der Waals surface area contributed by atoms with Crippen molar-refractivity contribution in [2.24, 2.45) is 25.8 Å². The van der Waals surface area contributed by atoms with Crippen LogP contribution in [0.25, 0.3) is 6.08 Å². The van der Waals surface area contributed by atoms with E-state index in [4.69, 9.17) is 15.7 Å². The molecule has 1 aromatic heterocycles. The summed E-state index contributed by atoms with van der Waals surface area (Å²) in [6.45, 7) is 2.59. The molecule has 2 atom stereocenters. The molecule has 7 N–H and O–H groups in total. The number of H-pyrrole nitrogens is 2. The zero-order valence-electron chi connectivity index (χ0n) is 19.3. The van der Waals surface area contributed by atoms with Crippen LogP contribution in [0.15, 0.2) is 54.7 Å². The Balaban J connectivity index is 1.43. The number of imidazole rings is 1. The molecule has 1 fully saturated rings. The number of nitrogens with two attached hydrogens (primary N) is 1. The smallest absolute Gasteiger partial charge is 0.326 e. The Hall–Kier alpha value is -4.19. The lowest BCUT2D eigenvalue weighted by Crippen LogP contribution is -2.54. The number of hydrogen-bond donors (Lipinski definition) is 6. The molecule has 182 valence electrons. The molecule has 0 radical (unpaired) electrons. The minimum absolute atomic E-state index is 0.110. The van der Waals surface area contributed by atoms with Crippen LogP contribution in [-0.4, -0.2) is 63.2 Å². The lowest BCUT2D eigenvalue weighted by molar-refractivity contribution is 0.378. The second-order valence-corrected chi connectivity index (χ2v) is 8.55. The first-order chi connectivity index (χ1) is 17.0. The molecule has 2 aromatic rings. The van der Waals surface area contributed by atoms with Crippen molar-refractivity contribution in [2.75, 3.05) is 6.54 Å². The highest BCUT2D eigenvalue weighted by molar-refractivity contribution is 6.04. The van der Waals surface area contributed by atoms with Gasteiger partial charge in [-0.1, -0.05) is 18.2 Å². The highest BCUT2D eigenvalue weighted by Crippen LogP contribution is 2.29. The van der Waals surface area contributed by atoms with Crippen LogP contribution in [0, 0.1) is 0 Å². The maximum Gasteiger partial charge on any atom is 0.326 e. The summed E-state index contributed by atoms with van der Waals surface area (Å²) in [7, 11) is 0. The van der Waals surface area contributed by atoms with Gasteiger partial charge < -0.3 is 21.1 Å². The van der Waals surface area contributed by atoms with Crippen LogP contribution < -0.4 is 22.1 Å². The highest BCUT2D eigenvalue weighted by Gasteiger charge is 2.36. The fourth-order valence-corrected chi connectivity index (χ4v) is 3.82. The van der Waals surface area contributed by atoms with E-state index in [1.54, 1.807) is 17.3 Å². The first-order valence-corrected chi connectivity index (χ1v) is 11.6. The quantitative estimate of drug-likeness (QED) is 0.329. The third-order valence-corrected chi connectivity index (χ3v) is 5.74. The SMILES string of the molecule is CC(NC1=NC2/C(=C\c3[nH]c(=O)[nH]c3O)C=NN2C(=NC2CC2)N1)c1ccccc1N=CCCN. The van der Waals surface area contributed by atoms with Crippen LogP contribution in [0.5, 0.6) is 5.88 Å². The number of guanidine groups is 2. The van der Waals surface area contributed by atoms with Gasteiger partial charge in [-0.3, -0.25) is 15.3 Å². The summed E-state index contributed by atoms with van der Waals surface area (Å²) in [4.78, 5) is 30.6. The number of hydrazone groups is 1. The number of rotatable bonds is 7. The number of aliphatic imine (C=N–C) groups is 3. The average Bonchev–Trinajstić information content (AvgIpc) is 3.48. The fraction of sp³-hybridized carbons (Fsp3) is 0.348. The van der Waals surface area contributed by atoms with Crippen molar-refractivity contribution in [3.63, 3.8) is 0 Å². The zero-order chi connectivity index (χ0) is 24.4. The molecule has 0 spiro atoms. The Bertz CT molecular complexity index is 1300. The average molecular weight is 477 g/mol. The first-order valence-electron chi connectivity index (χ1n) is 11.6. The zero-order valence-corrected chi connectivity index (χ0v) is 19.3. The van der Waals surface area contributed by atoms with Crippen LogP contribution in [0.1, 0.15) is 43.5 Å². The second kappa shape index (κ2) is 9.58. The predicted molar refractivity (Wildman–Crippen MR) is 136 cm³/mol. The summed E-state index contributed by atoms with van der Waals surface area (Å²) in [5, 5.41) is 22.8. The number of nitrogens with zero attached hydrogens (tertiary/aromatic N) is 5. The van der Waals surface area contributed by atoms with Gasteiger partial charge in [0.15, 0.2) is 6.17 Å². The van der Waals surface area contributed by atoms with E-state index in [0.717, 1.165) is 24.1 Å². The van der Waals surface area contributed by atoms with Crippen molar-refractivity contribution in [3.8, 4) is 5.88 Å². The molecule has 1 aromatic carbocycles. The molecule has 0 saturated heterocycles. The van der Waals surface area contributed by atoms with Crippen LogP contribution in [0.3, 0.4) is 0 Å². The van der Waals surface area contributed by atoms with Crippen LogP contribution in [0.2, 0.25) is 0 Å². The van der Waals surface area contributed by atoms with Gasteiger partial charge in [-0.05, 0) is 50.4 Å². The Kier molecular flexibility index (Phi) is 6.19. The number of aromatic amines is 2. The number of aromatic nitrogens is 2. The molecule has 3 heterocycles. The summed E-state index contributed by atoms with van der Waals surface area (Å²) >= 11 is 0. The normalized spacial score (nSPS) is 22.5. The van der Waals surface area contributed by atoms with Gasteiger partial charge in [0, 0.05) is 11.8 Å². The molecular formula is C23H28N10O2. The maximum absolute atomic E-state index is 11.5. The first kappa shape index (κ1) is 22.6. The monoisotopic (exact) mass is 476 g/mol. The Morgan fingerprint density at radius 2 is 2.17 bits per heavy atom. The number of benzene rings is 1. The van der Waals surface area contributed by atoms with E-state index in [1.165, 1.54) is 0 Å². The third-order valence-electron chi connectivity index (χ3n) is 5.74. The van der Waals surface area contributed by atoms with Crippen molar-refractivity contribution in [1.82, 2.24) is 25.6 Å². The molecule has 3 aliphatic rings. The van der Waals surface area contributed by atoms with Crippen LogP contribution >= 0.6 is 0 Å². The minimum Gasteiger partial charge on any atom is -0.493 e. The van der Waals surface area contributed by atoms with E-state index in [2.05, 4.69) is 30.7 Å². The Morgan fingerprint density at radius 1 is 1.34 bits per heavy atom. The number of hydrogen-bond acceptors (Lipinski definition) is 8. The molecule has 12 nitrogen and oxygen atoms in total. The lowest BCUT2D eigenvalue weighted by Gasteiger charge is -2.31. The van der Waals surface area contributed by atoms with Crippen LogP contribution in [0.4, 0.5) is 5.69 Å². The number of nitrogens with one attached hydrogen (secondary N) is 4. The summed E-state index contributed by atoms with van der Waals surface area (Å²) in [6.07, 6.45) is 7.41. The van der Waals surface area contributed by atoms with Crippen molar-refractivity contribution in [2.45, 2.75) is 44.4 Å². The lowest BCUT2D eigenvalue weighted by atomic mass is 10.1. The van der Waals surface area contributed by atoms with Gasteiger partial charge in [0.05, 0.1) is 24.0 Å². The van der Waals surface area contributed by atoms with E-state index in [-0.39, 0.29) is 23.7 Å².